The van der Waals surface area contributed by atoms with Crippen molar-refractivity contribution < 1.29 is 0 Å². The quantitative estimate of drug-likeness (QED) is 0.757. The van der Waals surface area contributed by atoms with Gasteiger partial charge in [-0.15, -0.1) is 0 Å². The van der Waals surface area contributed by atoms with Crippen LogP contribution < -0.4 is 5.32 Å². The lowest BCUT2D eigenvalue weighted by Gasteiger charge is -2.41. The van der Waals surface area contributed by atoms with Crippen molar-refractivity contribution >= 4 is 11.6 Å². The van der Waals surface area contributed by atoms with Gasteiger partial charge >= 0.3 is 0 Å². The van der Waals surface area contributed by atoms with Crippen LogP contribution >= 0.6 is 11.6 Å². The fourth-order valence-electron chi connectivity index (χ4n) is 3.44. The molecular weight excluding hydrogens is 278 g/mol. The molecule has 0 saturated carbocycles. The summed E-state index contributed by atoms with van der Waals surface area (Å²) in [5.74, 6) is 0. The monoisotopic (exact) mass is 301 g/mol. The Balaban J connectivity index is 2.57. The molecule has 0 heterocycles. The van der Waals surface area contributed by atoms with Crippen LogP contribution in [0.25, 0.3) is 0 Å². The van der Waals surface area contributed by atoms with Crippen molar-refractivity contribution in [3.8, 4) is 0 Å². The zero-order valence-corrected chi connectivity index (χ0v) is 13.8. The first-order valence-corrected chi connectivity index (χ1v) is 8.04. The van der Waals surface area contributed by atoms with Crippen LogP contribution in [0.1, 0.15) is 43.9 Å². The first-order valence-electron chi connectivity index (χ1n) is 7.66. The molecule has 1 nitrogen and oxygen atoms in total. The molecule has 0 amide bonds. The Kier molecular flexibility index (Phi) is 5.44. The zero-order chi connectivity index (χ0) is 15.3. The van der Waals surface area contributed by atoms with Crippen molar-refractivity contribution in [3.63, 3.8) is 0 Å². The summed E-state index contributed by atoms with van der Waals surface area (Å²) in [4.78, 5) is 0. The first-order chi connectivity index (χ1) is 10.2. The maximum absolute atomic E-state index is 6.47. The molecule has 0 fully saturated rings. The average molecular weight is 302 g/mol. The number of likely N-dealkylation sites (N-methyl/N-ethyl adjacent to an activating group) is 1. The second kappa shape index (κ2) is 7.11. The van der Waals surface area contributed by atoms with Crippen LogP contribution in [0.5, 0.6) is 0 Å². The lowest BCUT2D eigenvalue weighted by atomic mass is 9.68. The molecule has 2 heteroatoms. The third-order valence-corrected chi connectivity index (χ3v) is 5.01. The molecule has 21 heavy (non-hydrogen) atoms. The van der Waals surface area contributed by atoms with Gasteiger partial charge in [0.25, 0.3) is 0 Å². The highest BCUT2D eigenvalue weighted by Crippen LogP contribution is 2.44. The van der Waals surface area contributed by atoms with Gasteiger partial charge in [-0.1, -0.05) is 74.0 Å². The van der Waals surface area contributed by atoms with E-state index in [-0.39, 0.29) is 11.5 Å². The zero-order valence-electron chi connectivity index (χ0n) is 13.1. The van der Waals surface area contributed by atoms with E-state index in [2.05, 4.69) is 61.6 Å². The molecule has 2 rings (SSSR count). The summed E-state index contributed by atoms with van der Waals surface area (Å²) < 4.78 is 0. The van der Waals surface area contributed by atoms with E-state index in [0.29, 0.717) is 0 Å². The van der Waals surface area contributed by atoms with Gasteiger partial charge in [0.05, 0.1) is 0 Å². The molecule has 0 spiro atoms. The van der Waals surface area contributed by atoms with Crippen LogP contribution in [-0.2, 0) is 5.41 Å². The maximum Gasteiger partial charge on any atom is 0.0454 e. The van der Waals surface area contributed by atoms with Gasteiger partial charge in [-0.2, -0.15) is 0 Å². The van der Waals surface area contributed by atoms with Crippen molar-refractivity contribution in [2.24, 2.45) is 0 Å². The highest BCUT2D eigenvalue weighted by atomic mass is 35.5. The van der Waals surface area contributed by atoms with Crippen molar-refractivity contribution in [2.75, 3.05) is 7.05 Å². The number of hydrogen-bond donors (Lipinski definition) is 1. The topological polar surface area (TPSA) is 12.0 Å². The number of rotatable bonds is 6. The lowest BCUT2D eigenvalue weighted by molar-refractivity contribution is 0.287. The molecule has 0 aromatic heterocycles. The van der Waals surface area contributed by atoms with E-state index in [4.69, 9.17) is 11.6 Å². The molecule has 2 aromatic carbocycles. The minimum Gasteiger partial charge on any atom is -0.312 e. The summed E-state index contributed by atoms with van der Waals surface area (Å²) in [6.07, 6.45) is 2.12. The van der Waals surface area contributed by atoms with Gasteiger partial charge in [0.1, 0.15) is 0 Å². The van der Waals surface area contributed by atoms with E-state index in [1.807, 2.05) is 19.2 Å². The van der Waals surface area contributed by atoms with Gasteiger partial charge in [-0.05, 0) is 37.1 Å². The molecule has 0 bridgehead atoms. The Bertz CT molecular complexity index is 561. The summed E-state index contributed by atoms with van der Waals surface area (Å²) in [6, 6.07) is 19.1. The van der Waals surface area contributed by atoms with Crippen LogP contribution in [0.4, 0.5) is 0 Å². The predicted octanol–water partition coefficient (Wildman–Crippen LogP) is 5.36. The standard InChI is InChI=1S/C19H24ClN/c1-4-19(5-2,15-11-7-6-8-12-15)18(21-3)16-13-9-10-14-17(16)20/h6-14,18,21H,4-5H2,1-3H3. The number of hydrogen-bond acceptors (Lipinski definition) is 1. The van der Waals surface area contributed by atoms with Crippen LogP contribution in [0, 0.1) is 0 Å². The summed E-state index contributed by atoms with van der Waals surface area (Å²) in [7, 11) is 2.02. The molecule has 0 aliphatic heterocycles. The largest absolute Gasteiger partial charge is 0.312 e. The van der Waals surface area contributed by atoms with Gasteiger partial charge in [-0.3, -0.25) is 0 Å². The van der Waals surface area contributed by atoms with Gasteiger partial charge in [0.2, 0.25) is 0 Å². The normalized spacial score (nSPS) is 13.1. The van der Waals surface area contributed by atoms with Crippen molar-refractivity contribution in [2.45, 2.75) is 38.1 Å². The Labute approximate surface area is 133 Å². The van der Waals surface area contributed by atoms with E-state index in [0.717, 1.165) is 17.9 Å². The molecular formula is C19H24ClN. The third kappa shape index (κ3) is 3.00. The number of benzene rings is 2. The first kappa shape index (κ1) is 16.1. The van der Waals surface area contributed by atoms with Gasteiger partial charge in [-0.25, -0.2) is 0 Å². The average Bonchev–Trinajstić information content (AvgIpc) is 2.55. The van der Waals surface area contributed by atoms with Crippen LogP contribution in [0.15, 0.2) is 54.6 Å². The third-order valence-electron chi connectivity index (χ3n) is 4.67. The summed E-state index contributed by atoms with van der Waals surface area (Å²) >= 11 is 6.47. The van der Waals surface area contributed by atoms with Gasteiger partial charge < -0.3 is 5.32 Å². The van der Waals surface area contributed by atoms with Gasteiger partial charge in [0.15, 0.2) is 0 Å². The SMILES string of the molecule is CCC(CC)(c1ccccc1)C(NC)c1ccccc1Cl. The van der Waals surface area contributed by atoms with Crippen LogP contribution in [-0.4, -0.2) is 7.05 Å². The van der Waals surface area contributed by atoms with E-state index >= 15 is 0 Å². The second-order valence-corrected chi connectivity index (χ2v) is 5.88. The van der Waals surface area contributed by atoms with Crippen LogP contribution in [0.3, 0.4) is 0 Å². The summed E-state index contributed by atoms with van der Waals surface area (Å²) in [5, 5.41) is 4.35. The Morgan fingerprint density at radius 3 is 2.05 bits per heavy atom. The van der Waals surface area contributed by atoms with E-state index in [9.17, 15) is 0 Å². The second-order valence-electron chi connectivity index (χ2n) is 5.47. The fraction of sp³-hybridized carbons (Fsp3) is 0.368. The Hall–Kier alpha value is -1.31. The highest BCUT2D eigenvalue weighted by molar-refractivity contribution is 6.31. The summed E-state index contributed by atoms with van der Waals surface area (Å²) in [5.41, 5.74) is 2.59. The van der Waals surface area contributed by atoms with Gasteiger partial charge in [0, 0.05) is 16.5 Å². The maximum atomic E-state index is 6.47. The van der Waals surface area contributed by atoms with E-state index in [1.54, 1.807) is 0 Å². The minimum atomic E-state index is 0.0427. The molecule has 0 aliphatic carbocycles. The fourth-order valence-corrected chi connectivity index (χ4v) is 3.69. The van der Waals surface area contributed by atoms with Crippen LogP contribution in [0.2, 0.25) is 5.02 Å². The number of nitrogens with one attached hydrogen (secondary N) is 1. The number of halogens is 1. The Morgan fingerprint density at radius 1 is 0.952 bits per heavy atom. The van der Waals surface area contributed by atoms with Crippen molar-refractivity contribution in [1.82, 2.24) is 5.32 Å². The molecule has 0 radical (unpaired) electrons. The van der Waals surface area contributed by atoms with E-state index < -0.39 is 0 Å². The van der Waals surface area contributed by atoms with E-state index in [1.165, 1.54) is 11.1 Å². The van der Waals surface area contributed by atoms with Crippen molar-refractivity contribution in [3.05, 3.63) is 70.7 Å². The highest BCUT2D eigenvalue weighted by Gasteiger charge is 2.38. The molecule has 0 saturated heterocycles. The molecule has 1 unspecified atom stereocenters. The minimum absolute atomic E-state index is 0.0427. The predicted molar refractivity (Wildman–Crippen MR) is 92.0 cm³/mol. The summed E-state index contributed by atoms with van der Waals surface area (Å²) in [6.45, 7) is 4.52. The lowest BCUT2D eigenvalue weighted by Crippen LogP contribution is -2.39. The molecule has 1 atom stereocenters. The molecule has 0 aliphatic rings. The molecule has 112 valence electrons. The Morgan fingerprint density at radius 2 is 1.52 bits per heavy atom. The smallest absolute Gasteiger partial charge is 0.0454 e. The molecule has 2 aromatic rings. The van der Waals surface area contributed by atoms with Crippen molar-refractivity contribution in [1.29, 1.82) is 0 Å². The molecule has 1 N–H and O–H groups in total.